The van der Waals surface area contributed by atoms with Gasteiger partial charge in [0, 0.05) is 30.2 Å². The van der Waals surface area contributed by atoms with E-state index in [1.165, 1.54) is 6.07 Å². The van der Waals surface area contributed by atoms with Crippen LogP contribution in [0.5, 0.6) is 0 Å². The molecule has 2 aliphatic heterocycles. The van der Waals surface area contributed by atoms with Gasteiger partial charge in [-0.15, -0.1) is 12.4 Å². The number of hydrogen-bond acceptors (Lipinski definition) is 3. The number of halogens is 3. The molecule has 1 amide bonds. The van der Waals surface area contributed by atoms with Crippen molar-refractivity contribution in [1.82, 2.24) is 15.5 Å². The van der Waals surface area contributed by atoms with E-state index in [1.807, 2.05) is 0 Å². The Labute approximate surface area is 159 Å². The van der Waals surface area contributed by atoms with Crippen LogP contribution in [0.1, 0.15) is 31.2 Å². The van der Waals surface area contributed by atoms with E-state index in [2.05, 4.69) is 15.5 Å². The molecule has 0 saturated carbocycles. The molecule has 0 radical (unpaired) electrons. The second kappa shape index (κ2) is 9.72. The molecule has 2 atom stereocenters. The summed E-state index contributed by atoms with van der Waals surface area (Å²) in [6.07, 6.45) is 4.18. The lowest BCUT2D eigenvalue weighted by molar-refractivity contribution is -0.123. The summed E-state index contributed by atoms with van der Waals surface area (Å²) in [5.74, 6) is 0.332. The third-order valence-corrected chi connectivity index (χ3v) is 5.18. The van der Waals surface area contributed by atoms with Crippen molar-refractivity contribution in [3.8, 4) is 0 Å². The first kappa shape index (κ1) is 20.4. The zero-order valence-electron chi connectivity index (χ0n) is 14.3. The fourth-order valence-corrected chi connectivity index (χ4v) is 3.84. The Morgan fingerprint density at radius 3 is 2.96 bits per heavy atom. The highest BCUT2D eigenvalue weighted by atomic mass is 35.5. The highest BCUT2D eigenvalue weighted by molar-refractivity contribution is 6.30. The maximum Gasteiger partial charge on any atom is 0.237 e. The molecule has 25 heavy (non-hydrogen) atoms. The van der Waals surface area contributed by atoms with Gasteiger partial charge in [0.05, 0.1) is 6.04 Å². The molecule has 2 N–H and O–H groups in total. The number of amides is 1. The summed E-state index contributed by atoms with van der Waals surface area (Å²) in [5.41, 5.74) is 0.641. The molecule has 2 heterocycles. The van der Waals surface area contributed by atoms with E-state index in [1.54, 1.807) is 12.1 Å². The number of nitrogens with zero attached hydrogens (tertiary/aromatic N) is 1. The van der Waals surface area contributed by atoms with Crippen molar-refractivity contribution in [1.29, 1.82) is 0 Å². The Morgan fingerprint density at radius 2 is 2.20 bits per heavy atom. The smallest absolute Gasteiger partial charge is 0.237 e. The average molecular weight is 390 g/mol. The highest BCUT2D eigenvalue weighted by Gasteiger charge is 2.25. The summed E-state index contributed by atoms with van der Waals surface area (Å²) in [4.78, 5) is 14.3. The number of carbonyl (C=O) groups excluding carboxylic acids is 1. The van der Waals surface area contributed by atoms with Gasteiger partial charge in [0.1, 0.15) is 5.82 Å². The summed E-state index contributed by atoms with van der Waals surface area (Å²) < 4.78 is 13.9. The number of likely N-dealkylation sites (tertiary alicyclic amines) is 1. The first-order valence-corrected chi connectivity index (χ1v) is 9.17. The predicted molar refractivity (Wildman–Crippen MR) is 101 cm³/mol. The summed E-state index contributed by atoms with van der Waals surface area (Å²) >= 11 is 5.97. The second-order valence-corrected chi connectivity index (χ2v) is 7.31. The Hall–Kier alpha value is -0.880. The molecular weight excluding hydrogens is 364 g/mol. The molecule has 0 spiro atoms. The van der Waals surface area contributed by atoms with Gasteiger partial charge in [0.2, 0.25) is 5.91 Å². The third kappa shape index (κ3) is 5.81. The Balaban J connectivity index is 0.00000225. The van der Waals surface area contributed by atoms with Gasteiger partial charge in [-0.1, -0.05) is 11.6 Å². The van der Waals surface area contributed by atoms with E-state index in [4.69, 9.17) is 11.6 Å². The van der Waals surface area contributed by atoms with Crippen LogP contribution in [0.15, 0.2) is 18.2 Å². The van der Waals surface area contributed by atoms with E-state index < -0.39 is 0 Å². The molecule has 0 aromatic heterocycles. The molecule has 0 aliphatic carbocycles. The van der Waals surface area contributed by atoms with E-state index in [-0.39, 0.29) is 30.2 Å². The van der Waals surface area contributed by atoms with Gasteiger partial charge in [0.25, 0.3) is 0 Å². The minimum absolute atomic E-state index is 0. The number of benzene rings is 1. The number of hydrogen-bond donors (Lipinski definition) is 2. The van der Waals surface area contributed by atoms with E-state index in [0.717, 1.165) is 45.3 Å². The van der Waals surface area contributed by atoms with Crippen molar-refractivity contribution >= 4 is 29.9 Å². The molecule has 140 valence electrons. The van der Waals surface area contributed by atoms with Crippen molar-refractivity contribution in [2.75, 3.05) is 26.2 Å². The quantitative estimate of drug-likeness (QED) is 0.813. The SMILES string of the molecule is Cl.O=C(NCC1CCCN(Cc2cc(Cl)ccc2F)C1)C1CCCN1. The zero-order valence-corrected chi connectivity index (χ0v) is 15.8. The molecule has 7 heteroatoms. The van der Waals surface area contributed by atoms with Crippen molar-refractivity contribution in [3.05, 3.63) is 34.6 Å². The van der Waals surface area contributed by atoms with Crippen LogP contribution in [0.25, 0.3) is 0 Å². The minimum Gasteiger partial charge on any atom is -0.354 e. The maximum atomic E-state index is 13.9. The molecule has 3 rings (SSSR count). The number of carbonyl (C=O) groups is 1. The third-order valence-electron chi connectivity index (χ3n) is 4.95. The average Bonchev–Trinajstić information content (AvgIpc) is 3.11. The van der Waals surface area contributed by atoms with Gasteiger partial charge in [-0.2, -0.15) is 0 Å². The first-order chi connectivity index (χ1) is 11.6. The minimum atomic E-state index is -0.206. The lowest BCUT2D eigenvalue weighted by atomic mass is 9.97. The van der Waals surface area contributed by atoms with Gasteiger partial charge >= 0.3 is 0 Å². The van der Waals surface area contributed by atoms with E-state index >= 15 is 0 Å². The lowest BCUT2D eigenvalue weighted by Crippen LogP contribution is -2.45. The largest absolute Gasteiger partial charge is 0.354 e. The molecule has 1 aromatic rings. The fraction of sp³-hybridized carbons (Fsp3) is 0.611. The van der Waals surface area contributed by atoms with Crippen molar-refractivity contribution in [2.24, 2.45) is 5.92 Å². The predicted octanol–water partition coefficient (Wildman–Crippen LogP) is 2.98. The molecule has 2 unspecified atom stereocenters. The summed E-state index contributed by atoms with van der Waals surface area (Å²) in [6, 6.07) is 4.68. The van der Waals surface area contributed by atoms with Gasteiger partial charge in [-0.3, -0.25) is 9.69 Å². The zero-order chi connectivity index (χ0) is 16.9. The standard InChI is InChI=1S/C18H25ClFN3O.ClH/c19-15-5-6-16(20)14(9-15)12-23-8-2-3-13(11-23)10-22-18(24)17-4-1-7-21-17;/h5-6,9,13,17,21H,1-4,7-8,10-12H2,(H,22,24);1H. The van der Waals surface area contributed by atoms with Crippen molar-refractivity contribution < 1.29 is 9.18 Å². The van der Waals surface area contributed by atoms with Crippen LogP contribution >= 0.6 is 24.0 Å². The van der Waals surface area contributed by atoms with Crippen LogP contribution in [-0.4, -0.2) is 43.0 Å². The van der Waals surface area contributed by atoms with Crippen LogP contribution in [-0.2, 0) is 11.3 Å². The van der Waals surface area contributed by atoms with Crippen LogP contribution in [0.2, 0.25) is 5.02 Å². The van der Waals surface area contributed by atoms with Gasteiger partial charge in [0.15, 0.2) is 0 Å². The van der Waals surface area contributed by atoms with E-state index in [9.17, 15) is 9.18 Å². The fourth-order valence-electron chi connectivity index (χ4n) is 3.64. The summed E-state index contributed by atoms with van der Waals surface area (Å²) in [6.45, 7) is 4.04. The number of nitrogens with one attached hydrogen (secondary N) is 2. The maximum absolute atomic E-state index is 13.9. The first-order valence-electron chi connectivity index (χ1n) is 8.79. The Morgan fingerprint density at radius 1 is 1.36 bits per heavy atom. The van der Waals surface area contributed by atoms with Gasteiger partial charge in [-0.05, 0) is 62.9 Å². The number of piperidine rings is 1. The molecule has 0 bridgehead atoms. The molecule has 4 nitrogen and oxygen atoms in total. The monoisotopic (exact) mass is 389 g/mol. The van der Waals surface area contributed by atoms with Gasteiger partial charge in [-0.25, -0.2) is 4.39 Å². The molecule has 2 fully saturated rings. The molecule has 2 saturated heterocycles. The van der Waals surface area contributed by atoms with Gasteiger partial charge < -0.3 is 10.6 Å². The van der Waals surface area contributed by atoms with Crippen molar-refractivity contribution in [3.63, 3.8) is 0 Å². The van der Waals surface area contributed by atoms with E-state index in [0.29, 0.717) is 29.6 Å². The Bertz CT molecular complexity index is 581. The topological polar surface area (TPSA) is 44.4 Å². The van der Waals surface area contributed by atoms with Crippen LogP contribution in [0.3, 0.4) is 0 Å². The number of rotatable bonds is 5. The molecule has 2 aliphatic rings. The lowest BCUT2D eigenvalue weighted by Gasteiger charge is -2.33. The van der Waals surface area contributed by atoms with Crippen LogP contribution in [0, 0.1) is 11.7 Å². The Kier molecular flexibility index (Phi) is 7.94. The molecular formula is C18H26Cl2FN3O. The molecule has 1 aromatic carbocycles. The highest BCUT2D eigenvalue weighted by Crippen LogP contribution is 2.21. The summed E-state index contributed by atoms with van der Waals surface area (Å²) in [7, 11) is 0. The summed E-state index contributed by atoms with van der Waals surface area (Å²) in [5, 5.41) is 6.86. The van der Waals surface area contributed by atoms with Crippen molar-refractivity contribution in [2.45, 2.75) is 38.3 Å². The second-order valence-electron chi connectivity index (χ2n) is 6.87. The van der Waals surface area contributed by atoms with Crippen LogP contribution < -0.4 is 10.6 Å². The normalized spacial score (nSPS) is 23.9. The van der Waals surface area contributed by atoms with Crippen LogP contribution in [0.4, 0.5) is 4.39 Å².